The number of para-hydroxylation sites is 2. The van der Waals surface area contributed by atoms with Gasteiger partial charge in [0.05, 0.1) is 18.1 Å². The number of rotatable bonds is 4. The van der Waals surface area contributed by atoms with Crippen LogP contribution in [0.25, 0.3) is 11.0 Å². The van der Waals surface area contributed by atoms with Crippen LogP contribution in [-0.2, 0) is 10.1 Å². The number of nitrogens with one attached hydrogen (secondary N) is 2. The molecule has 0 aliphatic carbocycles. The second kappa shape index (κ2) is 5.23. The summed E-state index contributed by atoms with van der Waals surface area (Å²) in [7, 11) is -2.62. The largest absolute Gasteiger partial charge is 0.493 e. The minimum absolute atomic E-state index is 0.0684. The monoisotopic (exact) mass is 320 g/mol. The summed E-state index contributed by atoms with van der Waals surface area (Å²) in [6, 6.07) is 10.6. The van der Waals surface area contributed by atoms with E-state index in [0.29, 0.717) is 16.8 Å². The average Bonchev–Trinajstić information content (AvgIpc) is 2.86. The van der Waals surface area contributed by atoms with E-state index >= 15 is 0 Å². The number of aromatic amines is 2. The van der Waals surface area contributed by atoms with E-state index in [-0.39, 0.29) is 10.6 Å². The summed E-state index contributed by atoms with van der Waals surface area (Å²) in [4.78, 5) is 16.2. The summed E-state index contributed by atoms with van der Waals surface area (Å²) >= 11 is 0. The highest BCUT2D eigenvalue weighted by atomic mass is 32.2. The van der Waals surface area contributed by atoms with Crippen molar-refractivity contribution in [3.63, 3.8) is 0 Å². The number of H-pyrrole nitrogens is 2. The maximum absolute atomic E-state index is 12.3. The van der Waals surface area contributed by atoms with Gasteiger partial charge in [0.2, 0.25) is 0 Å². The van der Waals surface area contributed by atoms with Gasteiger partial charge in [-0.05, 0) is 30.3 Å². The highest BCUT2D eigenvalue weighted by molar-refractivity contribution is 7.87. The van der Waals surface area contributed by atoms with Gasteiger partial charge in [0, 0.05) is 0 Å². The van der Waals surface area contributed by atoms with Crippen LogP contribution in [0.5, 0.6) is 11.5 Å². The Morgan fingerprint density at radius 3 is 2.36 bits per heavy atom. The number of hydrogen-bond donors (Lipinski definition) is 2. The minimum Gasteiger partial charge on any atom is -0.493 e. The van der Waals surface area contributed by atoms with Gasteiger partial charge in [-0.2, -0.15) is 8.42 Å². The van der Waals surface area contributed by atoms with Crippen LogP contribution in [0, 0.1) is 0 Å². The van der Waals surface area contributed by atoms with E-state index in [1.807, 2.05) is 0 Å². The molecule has 3 rings (SSSR count). The molecular formula is C14H12N2O5S. The molecule has 0 bridgehead atoms. The highest BCUT2D eigenvalue weighted by Crippen LogP contribution is 2.29. The van der Waals surface area contributed by atoms with Crippen LogP contribution in [0.15, 0.2) is 52.2 Å². The van der Waals surface area contributed by atoms with Crippen LogP contribution >= 0.6 is 0 Å². The molecule has 1 aromatic heterocycles. The Hall–Kier alpha value is -2.74. The van der Waals surface area contributed by atoms with Crippen LogP contribution in [0.3, 0.4) is 0 Å². The predicted molar refractivity (Wildman–Crippen MR) is 79.7 cm³/mol. The lowest BCUT2D eigenvalue weighted by atomic mass is 10.3. The SMILES string of the molecule is COc1ccccc1OS(=O)(=O)c1ccc2[nH]c(=O)[nH]c2c1. The first-order valence-electron chi connectivity index (χ1n) is 6.29. The Balaban J connectivity index is 2.02. The molecule has 114 valence electrons. The van der Waals surface area contributed by atoms with Gasteiger partial charge in [0.1, 0.15) is 4.90 Å². The van der Waals surface area contributed by atoms with Gasteiger partial charge >= 0.3 is 15.8 Å². The van der Waals surface area contributed by atoms with Crippen molar-refractivity contribution >= 4 is 21.2 Å². The molecule has 0 amide bonds. The van der Waals surface area contributed by atoms with E-state index in [2.05, 4.69) is 9.97 Å². The van der Waals surface area contributed by atoms with Crippen LogP contribution in [-0.4, -0.2) is 25.5 Å². The Labute approximate surface area is 125 Å². The second-order valence-electron chi connectivity index (χ2n) is 4.47. The first-order valence-corrected chi connectivity index (χ1v) is 7.70. The van der Waals surface area contributed by atoms with Gasteiger partial charge in [-0.1, -0.05) is 12.1 Å². The highest BCUT2D eigenvalue weighted by Gasteiger charge is 2.19. The molecule has 3 aromatic rings. The van der Waals surface area contributed by atoms with Crippen LogP contribution in [0.1, 0.15) is 0 Å². The molecule has 0 radical (unpaired) electrons. The zero-order valence-corrected chi connectivity index (χ0v) is 12.3. The minimum atomic E-state index is -4.04. The molecule has 0 unspecified atom stereocenters. The third kappa shape index (κ3) is 2.56. The first-order chi connectivity index (χ1) is 10.5. The van der Waals surface area contributed by atoms with E-state index in [1.165, 1.54) is 31.4 Å². The third-order valence-corrected chi connectivity index (χ3v) is 4.27. The standard InChI is InChI=1S/C14H12N2O5S/c1-20-12-4-2-3-5-13(12)21-22(18,19)9-6-7-10-11(8-9)16-14(17)15-10/h2-8H,1H3,(H2,15,16,17). The smallest absolute Gasteiger partial charge is 0.339 e. The zero-order chi connectivity index (χ0) is 15.7. The van der Waals surface area contributed by atoms with Crippen LogP contribution in [0.4, 0.5) is 0 Å². The lowest BCUT2D eigenvalue weighted by Crippen LogP contribution is -2.10. The summed E-state index contributed by atoms with van der Waals surface area (Å²) in [6.45, 7) is 0. The van der Waals surface area contributed by atoms with E-state index < -0.39 is 15.8 Å². The summed E-state index contributed by atoms with van der Waals surface area (Å²) in [5, 5.41) is 0. The quantitative estimate of drug-likeness (QED) is 0.712. The van der Waals surface area contributed by atoms with Gasteiger partial charge in [0.15, 0.2) is 11.5 Å². The maximum atomic E-state index is 12.3. The third-order valence-electron chi connectivity index (χ3n) is 3.04. The molecule has 0 spiro atoms. The molecule has 2 aromatic carbocycles. The molecule has 0 fully saturated rings. The molecule has 7 nitrogen and oxygen atoms in total. The number of methoxy groups -OCH3 is 1. The summed E-state index contributed by atoms with van der Waals surface area (Å²) in [5.41, 5.74) is 0.492. The lowest BCUT2D eigenvalue weighted by molar-refractivity contribution is 0.390. The fraction of sp³-hybridized carbons (Fsp3) is 0.0714. The van der Waals surface area contributed by atoms with E-state index in [0.717, 1.165) is 0 Å². The van der Waals surface area contributed by atoms with Crippen molar-refractivity contribution in [2.45, 2.75) is 4.90 Å². The molecular weight excluding hydrogens is 308 g/mol. The Morgan fingerprint density at radius 1 is 0.955 bits per heavy atom. The van der Waals surface area contributed by atoms with Crippen molar-refractivity contribution < 1.29 is 17.3 Å². The van der Waals surface area contributed by atoms with Gasteiger partial charge in [0.25, 0.3) is 0 Å². The van der Waals surface area contributed by atoms with Crippen molar-refractivity contribution in [2.24, 2.45) is 0 Å². The molecule has 0 aliphatic rings. The van der Waals surface area contributed by atoms with E-state index in [4.69, 9.17) is 8.92 Å². The van der Waals surface area contributed by atoms with Gasteiger partial charge in [-0.15, -0.1) is 0 Å². The number of ether oxygens (including phenoxy) is 1. The maximum Gasteiger partial charge on any atom is 0.339 e. The number of imidazole rings is 1. The fourth-order valence-electron chi connectivity index (χ4n) is 2.02. The molecule has 1 heterocycles. The van der Waals surface area contributed by atoms with Gasteiger partial charge in [-0.3, -0.25) is 0 Å². The molecule has 2 N–H and O–H groups in total. The summed E-state index contributed by atoms with van der Waals surface area (Å²) in [5.74, 6) is 0.398. The summed E-state index contributed by atoms with van der Waals surface area (Å²) < 4.78 is 34.8. The van der Waals surface area contributed by atoms with Gasteiger partial charge in [-0.25, -0.2) is 4.79 Å². The molecule has 0 saturated heterocycles. The molecule has 8 heteroatoms. The number of aromatic nitrogens is 2. The van der Waals surface area contributed by atoms with E-state index in [9.17, 15) is 13.2 Å². The second-order valence-corrected chi connectivity index (χ2v) is 6.02. The van der Waals surface area contributed by atoms with E-state index in [1.54, 1.807) is 18.2 Å². The molecule has 22 heavy (non-hydrogen) atoms. The Kier molecular flexibility index (Phi) is 3.38. The van der Waals surface area contributed by atoms with Crippen molar-refractivity contribution in [1.29, 1.82) is 0 Å². The Morgan fingerprint density at radius 2 is 1.64 bits per heavy atom. The number of hydrogen-bond acceptors (Lipinski definition) is 5. The molecule has 0 aliphatic heterocycles. The zero-order valence-electron chi connectivity index (χ0n) is 11.5. The normalized spacial score (nSPS) is 11.5. The predicted octanol–water partition coefficient (Wildman–Crippen LogP) is 1.63. The summed E-state index contributed by atoms with van der Waals surface area (Å²) in [6.07, 6.45) is 0. The Bertz CT molecular complexity index is 988. The van der Waals surface area contributed by atoms with Crippen molar-refractivity contribution in [1.82, 2.24) is 9.97 Å². The molecule has 0 saturated carbocycles. The number of benzene rings is 2. The van der Waals surface area contributed by atoms with Crippen molar-refractivity contribution in [3.05, 3.63) is 52.9 Å². The van der Waals surface area contributed by atoms with Gasteiger partial charge < -0.3 is 18.9 Å². The number of fused-ring (bicyclic) bond motifs is 1. The van der Waals surface area contributed by atoms with Crippen molar-refractivity contribution in [2.75, 3.05) is 7.11 Å². The fourth-order valence-corrected chi connectivity index (χ4v) is 2.99. The average molecular weight is 320 g/mol. The first kappa shape index (κ1) is 14.2. The van der Waals surface area contributed by atoms with Crippen LogP contribution in [0.2, 0.25) is 0 Å². The topological polar surface area (TPSA) is 101 Å². The molecule has 0 atom stereocenters. The van der Waals surface area contributed by atoms with Crippen molar-refractivity contribution in [3.8, 4) is 11.5 Å². The van der Waals surface area contributed by atoms with Crippen LogP contribution < -0.4 is 14.6 Å². The lowest BCUT2D eigenvalue weighted by Gasteiger charge is -2.10.